The number of rotatable bonds is 2. The third-order valence-corrected chi connectivity index (χ3v) is 3.44. The second-order valence-electron chi connectivity index (χ2n) is 5.66. The molecule has 0 aliphatic carbocycles. The van der Waals surface area contributed by atoms with Gasteiger partial charge < -0.3 is 9.84 Å². The molecule has 3 rings (SSSR count). The van der Waals surface area contributed by atoms with E-state index in [1.54, 1.807) is 24.4 Å². The first-order valence-corrected chi connectivity index (χ1v) is 6.85. The maximum absolute atomic E-state index is 12.1. The molecule has 22 heavy (non-hydrogen) atoms. The van der Waals surface area contributed by atoms with Gasteiger partial charge in [0.2, 0.25) is 0 Å². The minimum Gasteiger partial charge on any atom is -0.483 e. The van der Waals surface area contributed by atoms with Gasteiger partial charge in [0.15, 0.2) is 0 Å². The third-order valence-electron chi connectivity index (χ3n) is 3.44. The van der Waals surface area contributed by atoms with Gasteiger partial charge in [-0.05, 0) is 44.2 Å². The molecule has 1 aromatic heterocycles. The summed E-state index contributed by atoms with van der Waals surface area (Å²) in [6, 6.07) is 9.53. The fourth-order valence-corrected chi connectivity index (χ4v) is 2.50. The first-order chi connectivity index (χ1) is 10.4. The SMILES string of the molecule is CC1(C)C=C(n2ccccc2=O)c2cc(C(=O)O)ccc2O1. The number of aromatic carboxylic acids is 1. The number of nitrogens with zero attached hydrogens (tertiary/aromatic N) is 1. The van der Waals surface area contributed by atoms with E-state index in [-0.39, 0.29) is 11.1 Å². The van der Waals surface area contributed by atoms with Gasteiger partial charge in [0.05, 0.1) is 11.3 Å². The molecule has 0 unspecified atom stereocenters. The van der Waals surface area contributed by atoms with Crippen LogP contribution in [0, 0.1) is 0 Å². The van der Waals surface area contributed by atoms with E-state index in [4.69, 9.17) is 4.74 Å². The quantitative estimate of drug-likeness (QED) is 0.925. The van der Waals surface area contributed by atoms with Crippen LogP contribution in [0.2, 0.25) is 0 Å². The number of pyridine rings is 1. The van der Waals surface area contributed by atoms with E-state index in [9.17, 15) is 14.7 Å². The number of hydrogen-bond acceptors (Lipinski definition) is 3. The monoisotopic (exact) mass is 297 g/mol. The van der Waals surface area contributed by atoms with Crippen LogP contribution in [-0.2, 0) is 0 Å². The van der Waals surface area contributed by atoms with Gasteiger partial charge in [0, 0.05) is 17.8 Å². The molecule has 5 nitrogen and oxygen atoms in total. The van der Waals surface area contributed by atoms with Crippen molar-refractivity contribution in [1.82, 2.24) is 4.57 Å². The lowest BCUT2D eigenvalue weighted by molar-refractivity contribution is 0.0696. The largest absolute Gasteiger partial charge is 0.483 e. The molecule has 0 saturated heterocycles. The van der Waals surface area contributed by atoms with Crippen LogP contribution in [0.15, 0.2) is 53.5 Å². The highest BCUT2D eigenvalue weighted by Gasteiger charge is 2.28. The molecular weight excluding hydrogens is 282 g/mol. The maximum atomic E-state index is 12.1. The molecule has 1 aliphatic rings. The van der Waals surface area contributed by atoms with E-state index in [0.29, 0.717) is 17.0 Å². The van der Waals surface area contributed by atoms with Gasteiger partial charge in [-0.1, -0.05) is 6.07 Å². The Morgan fingerprint density at radius 1 is 1.23 bits per heavy atom. The molecule has 0 amide bonds. The first-order valence-electron chi connectivity index (χ1n) is 6.85. The van der Waals surface area contributed by atoms with Crippen LogP contribution in [0.25, 0.3) is 5.70 Å². The Hall–Kier alpha value is -2.82. The topological polar surface area (TPSA) is 68.5 Å². The number of benzene rings is 1. The summed E-state index contributed by atoms with van der Waals surface area (Å²) in [6.07, 6.45) is 3.48. The Balaban J connectivity index is 2.27. The third kappa shape index (κ3) is 2.41. The van der Waals surface area contributed by atoms with E-state index >= 15 is 0 Å². The lowest BCUT2D eigenvalue weighted by Gasteiger charge is -2.31. The lowest BCUT2D eigenvalue weighted by atomic mass is 9.97. The van der Waals surface area contributed by atoms with Crippen molar-refractivity contribution in [2.45, 2.75) is 19.4 Å². The summed E-state index contributed by atoms with van der Waals surface area (Å²) in [6.45, 7) is 3.77. The van der Waals surface area contributed by atoms with Crippen molar-refractivity contribution in [3.8, 4) is 5.75 Å². The van der Waals surface area contributed by atoms with E-state index in [1.807, 2.05) is 19.9 Å². The molecule has 112 valence electrons. The zero-order valence-electron chi connectivity index (χ0n) is 12.2. The second kappa shape index (κ2) is 4.87. The van der Waals surface area contributed by atoms with Gasteiger partial charge in [0.1, 0.15) is 11.4 Å². The standard InChI is InChI=1S/C17H15NO4/c1-17(2)10-13(18-8-4-3-5-15(18)19)12-9-11(16(20)21)6-7-14(12)22-17/h3-10H,1-2H3,(H,20,21). The Morgan fingerprint density at radius 2 is 2.00 bits per heavy atom. The van der Waals surface area contributed by atoms with Gasteiger partial charge in [-0.25, -0.2) is 4.79 Å². The highest BCUT2D eigenvalue weighted by molar-refractivity contribution is 5.90. The average molecular weight is 297 g/mol. The Kier molecular flexibility index (Phi) is 3.13. The number of hydrogen-bond donors (Lipinski definition) is 1. The zero-order chi connectivity index (χ0) is 15.9. The average Bonchev–Trinajstić information content (AvgIpc) is 2.45. The first kappa shape index (κ1) is 14.1. The molecule has 1 N–H and O–H groups in total. The summed E-state index contributed by atoms with van der Waals surface area (Å²) in [5.41, 5.74) is 0.588. The Bertz CT molecular complexity index is 846. The summed E-state index contributed by atoms with van der Waals surface area (Å²) in [7, 11) is 0. The molecule has 0 fully saturated rings. The van der Waals surface area contributed by atoms with Crippen LogP contribution < -0.4 is 10.3 Å². The molecule has 5 heteroatoms. The number of carbonyl (C=O) groups is 1. The molecule has 0 bridgehead atoms. The predicted molar refractivity (Wildman–Crippen MR) is 82.2 cm³/mol. The van der Waals surface area contributed by atoms with Gasteiger partial charge in [0.25, 0.3) is 5.56 Å². The number of carboxylic acid groups (broad SMARTS) is 1. The number of carboxylic acids is 1. The highest BCUT2D eigenvalue weighted by Crippen LogP contribution is 2.36. The summed E-state index contributed by atoms with van der Waals surface area (Å²) in [5, 5.41) is 9.17. The molecule has 1 aliphatic heterocycles. The minimum atomic E-state index is -1.02. The van der Waals surface area contributed by atoms with E-state index in [1.165, 1.54) is 22.8 Å². The van der Waals surface area contributed by atoms with Crippen LogP contribution in [0.1, 0.15) is 29.8 Å². The summed E-state index contributed by atoms with van der Waals surface area (Å²) in [5.74, 6) is -0.462. The fraction of sp³-hybridized carbons (Fsp3) is 0.176. The Labute approximate surface area is 127 Å². The zero-order valence-corrected chi connectivity index (χ0v) is 12.2. The molecule has 0 radical (unpaired) electrons. The van der Waals surface area contributed by atoms with Gasteiger partial charge in [-0.15, -0.1) is 0 Å². The van der Waals surface area contributed by atoms with Crippen molar-refractivity contribution in [3.63, 3.8) is 0 Å². The smallest absolute Gasteiger partial charge is 0.335 e. The highest BCUT2D eigenvalue weighted by atomic mass is 16.5. The number of ether oxygens (including phenoxy) is 1. The number of aromatic nitrogens is 1. The van der Waals surface area contributed by atoms with Crippen molar-refractivity contribution in [2.75, 3.05) is 0 Å². The van der Waals surface area contributed by atoms with Crippen LogP contribution in [0.5, 0.6) is 5.75 Å². The van der Waals surface area contributed by atoms with Crippen molar-refractivity contribution >= 4 is 11.7 Å². The summed E-state index contributed by atoms with van der Waals surface area (Å²) >= 11 is 0. The molecule has 2 heterocycles. The van der Waals surface area contributed by atoms with Crippen LogP contribution in [0.3, 0.4) is 0 Å². The lowest BCUT2D eigenvalue weighted by Crippen LogP contribution is -2.32. The van der Waals surface area contributed by atoms with Crippen LogP contribution >= 0.6 is 0 Å². The van der Waals surface area contributed by atoms with Gasteiger partial charge >= 0.3 is 5.97 Å². The molecule has 0 atom stereocenters. The Morgan fingerprint density at radius 3 is 2.68 bits per heavy atom. The van der Waals surface area contributed by atoms with Gasteiger partial charge in [-0.2, -0.15) is 0 Å². The second-order valence-corrected chi connectivity index (χ2v) is 5.66. The van der Waals surface area contributed by atoms with Crippen molar-refractivity contribution < 1.29 is 14.6 Å². The van der Waals surface area contributed by atoms with Gasteiger partial charge in [-0.3, -0.25) is 9.36 Å². The summed E-state index contributed by atoms with van der Waals surface area (Å²) < 4.78 is 7.36. The summed E-state index contributed by atoms with van der Waals surface area (Å²) in [4.78, 5) is 23.3. The van der Waals surface area contributed by atoms with Crippen molar-refractivity contribution in [2.24, 2.45) is 0 Å². The molecule has 0 saturated carbocycles. The maximum Gasteiger partial charge on any atom is 0.335 e. The predicted octanol–water partition coefficient (Wildman–Crippen LogP) is 2.61. The normalized spacial score (nSPS) is 15.5. The minimum absolute atomic E-state index is 0.150. The molecule has 2 aromatic rings. The number of fused-ring (bicyclic) bond motifs is 1. The molecule has 0 spiro atoms. The van der Waals surface area contributed by atoms with E-state index < -0.39 is 11.6 Å². The van der Waals surface area contributed by atoms with E-state index in [0.717, 1.165) is 0 Å². The van der Waals surface area contributed by atoms with Crippen molar-refractivity contribution in [1.29, 1.82) is 0 Å². The fourth-order valence-electron chi connectivity index (χ4n) is 2.50. The van der Waals surface area contributed by atoms with Crippen LogP contribution in [0.4, 0.5) is 0 Å². The van der Waals surface area contributed by atoms with Crippen molar-refractivity contribution in [3.05, 3.63) is 70.2 Å². The molecular formula is C17H15NO4. The molecule has 1 aromatic carbocycles. The van der Waals surface area contributed by atoms with E-state index in [2.05, 4.69) is 0 Å². The van der Waals surface area contributed by atoms with Crippen LogP contribution in [-0.4, -0.2) is 21.2 Å².